The second kappa shape index (κ2) is 7.69. The molecule has 2 atom stereocenters. The Morgan fingerprint density at radius 3 is 2.78 bits per heavy atom. The van der Waals surface area contributed by atoms with Crippen LogP contribution in [0.3, 0.4) is 0 Å². The minimum atomic E-state index is -0.536. The number of carbonyl (C=O) groups is 1. The number of hydrogen-bond acceptors (Lipinski definition) is 5. The number of rotatable bonds is 4. The van der Waals surface area contributed by atoms with E-state index in [0.717, 1.165) is 25.7 Å². The number of nitro benzene ring substituents is 1. The summed E-state index contributed by atoms with van der Waals surface area (Å²) in [6, 6.07) is 7.39. The number of nitrogens with zero attached hydrogens (tertiary/aromatic N) is 3. The normalized spacial score (nSPS) is 19.5. The van der Waals surface area contributed by atoms with Crippen molar-refractivity contribution in [1.82, 2.24) is 15.1 Å². The summed E-state index contributed by atoms with van der Waals surface area (Å²) in [6.07, 6.45) is 3.92. The highest BCUT2D eigenvalue weighted by Crippen LogP contribution is 2.24. The summed E-state index contributed by atoms with van der Waals surface area (Å²) in [4.78, 5) is 35.7. The minimum absolute atomic E-state index is 0.0169. The van der Waals surface area contributed by atoms with Crippen molar-refractivity contribution >= 4 is 11.6 Å². The molecule has 1 heterocycles. The molecule has 8 nitrogen and oxygen atoms in total. The van der Waals surface area contributed by atoms with E-state index < -0.39 is 16.3 Å². The van der Waals surface area contributed by atoms with Crippen LogP contribution < -0.4 is 10.7 Å². The predicted octanol–water partition coefficient (Wildman–Crippen LogP) is 2.76. The summed E-state index contributed by atoms with van der Waals surface area (Å²) < 4.78 is 1.28. The summed E-state index contributed by atoms with van der Waals surface area (Å²) in [5.74, 6) is -0.00918. The number of aryl methyl sites for hydroxylation is 1. The fourth-order valence-corrected chi connectivity index (χ4v) is 3.57. The zero-order chi connectivity index (χ0) is 19.6. The fraction of sp³-hybridized carbons (Fsp3) is 0.421. The Balaban J connectivity index is 1.96. The topological polar surface area (TPSA) is 107 Å². The quantitative estimate of drug-likeness (QED) is 0.658. The van der Waals surface area contributed by atoms with Crippen LogP contribution in [0.15, 0.2) is 35.1 Å². The standard InChI is InChI=1S/C19H22N4O4/c1-12-6-5-7-14(10-12)20-19(25)18-17(24)11-13(2)22(21-18)15-8-3-4-9-16(15)23(26)27/h3-4,8-9,11-12,14H,5-7,10H2,1-2H3,(H,20,25). The number of para-hydroxylation sites is 2. The van der Waals surface area contributed by atoms with Crippen molar-refractivity contribution in [2.24, 2.45) is 5.92 Å². The summed E-state index contributed by atoms with van der Waals surface area (Å²) >= 11 is 0. The van der Waals surface area contributed by atoms with E-state index in [0.29, 0.717) is 11.6 Å². The molecule has 2 aromatic rings. The molecule has 1 fully saturated rings. The fourth-order valence-electron chi connectivity index (χ4n) is 3.57. The van der Waals surface area contributed by atoms with E-state index in [4.69, 9.17) is 0 Å². The highest BCUT2D eigenvalue weighted by atomic mass is 16.6. The molecular formula is C19H22N4O4. The molecule has 8 heteroatoms. The third kappa shape index (κ3) is 4.05. The van der Waals surface area contributed by atoms with Gasteiger partial charge in [0.15, 0.2) is 5.69 Å². The second-order valence-electron chi connectivity index (χ2n) is 7.10. The van der Waals surface area contributed by atoms with Crippen molar-refractivity contribution in [3.8, 4) is 5.69 Å². The van der Waals surface area contributed by atoms with Gasteiger partial charge in [-0.15, -0.1) is 0 Å². The Morgan fingerprint density at radius 2 is 2.07 bits per heavy atom. The van der Waals surface area contributed by atoms with E-state index >= 15 is 0 Å². The minimum Gasteiger partial charge on any atom is -0.348 e. The number of amides is 1. The van der Waals surface area contributed by atoms with Crippen LogP contribution in [0.25, 0.3) is 5.69 Å². The zero-order valence-electron chi connectivity index (χ0n) is 15.3. The summed E-state index contributed by atoms with van der Waals surface area (Å²) in [5, 5.41) is 18.4. The number of benzene rings is 1. The highest BCUT2D eigenvalue weighted by Gasteiger charge is 2.24. The first-order valence-corrected chi connectivity index (χ1v) is 9.02. The Hall–Kier alpha value is -3.03. The lowest BCUT2D eigenvalue weighted by molar-refractivity contribution is -0.384. The van der Waals surface area contributed by atoms with Crippen molar-refractivity contribution < 1.29 is 9.72 Å². The van der Waals surface area contributed by atoms with Gasteiger partial charge in [0.25, 0.3) is 11.6 Å². The largest absolute Gasteiger partial charge is 0.348 e. The van der Waals surface area contributed by atoms with Gasteiger partial charge in [-0.3, -0.25) is 19.7 Å². The molecule has 3 rings (SSSR count). The van der Waals surface area contributed by atoms with Gasteiger partial charge in [0.1, 0.15) is 5.69 Å². The first-order chi connectivity index (χ1) is 12.9. The van der Waals surface area contributed by atoms with E-state index in [9.17, 15) is 19.7 Å². The average Bonchev–Trinajstić information content (AvgIpc) is 2.61. The molecule has 142 valence electrons. The molecular weight excluding hydrogens is 348 g/mol. The maximum atomic E-state index is 12.6. The highest BCUT2D eigenvalue weighted by molar-refractivity contribution is 5.92. The SMILES string of the molecule is Cc1cc(=O)c(C(=O)NC2CCCC(C)C2)nn1-c1ccccc1[N+](=O)[O-]. The Kier molecular flexibility index (Phi) is 5.34. The van der Waals surface area contributed by atoms with Gasteiger partial charge in [-0.2, -0.15) is 5.10 Å². The zero-order valence-corrected chi connectivity index (χ0v) is 15.3. The van der Waals surface area contributed by atoms with Crippen LogP contribution in [0.1, 0.15) is 48.8 Å². The van der Waals surface area contributed by atoms with Gasteiger partial charge in [0.2, 0.25) is 5.43 Å². The van der Waals surface area contributed by atoms with Crippen LogP contribution in [-0.2, 0) is 0 Å². The first kappa shape index (κ1) is 18.8. The molecule has 0 saturated heterocycles. The van der Waals surface area contributed by atoms with E-state index in [1.165, 1.54) is 22.9 Å². The van der Waals surface area contributed by atoms with E-state index in [1.54, 1.807) is 19.1 Å². The van der Waals surface area contributed by atoms with Crippen molar-refractivity contribution in [2.45, 2.75) is 45.6 Å². The second-order valence-corrected chi connectivity index (χ2v) is 7.10. The van der Waals surface area contributed by atoms with Crippen molar-refractivity contribution in [3.63, 3.8) is 0 Å². The lowest BCUT2D eigenvalue weighted by Gasteiger charge is -2.27. The number of carbonyl (C=O) groups excluding carboxylic acids is 1. The number of aromatic nitrogens is 2. The van der Waals surface area contributed by atoms with Gasteiger partial charge in [0.05, 0.1) is 4.92 Å². The van der Waals surface area contributed by atoms with Gasteiger partial charge in [-0.25, -0.2) is 4.68 Å². The molecule has 1 aliphatic carbocycles. The smallest absolute Gasteiger partial charge is 0.294 e. The predicted molar refractivity (Wildman–Crippen MR) is 100 cm³/mol. The van der Waals surface area contributed by atoms with Crippen LogP contribution >= 0.6 is 0 Å². The van der Waals surface area contributed by atoms with E-state index in [-0.39, 0.29) is 23.1 Å². The van der Waals surface area contributed by atoms with Crippen molar-refractivity contribution in [1.29, 1.82) is 0 Å². The molecule has 0 aliphatic heterocycles. The van der Waals surface area contributed by atoms with Crippen molar-refractivity contribution in [3.05, 3.63) is 62.1 Å². The summed E-state index contributed by atoms with van der Waals surface area (Å²) in [6.45, 7) is 3.76. The van der Waals surface area contributed by atoms with Crippen molar-refractivity contribution in [2.75, 3.05) is 0 Å². The third-order valence-electron chi connectivity index (χ3n) is 4.90. The first-order valence-electron chi connectivity index (χ1n) is 9.02. The van der Waals surface area contributed by atoms with Gasteiger partial charge < -0.3 is 5.32 Å². The van der Waals surface area contributed by atoms with Crippen LogP contribution in [-0.4, -0.2) is 26.7 Å². The van der Waals surface area contributed by atoms with Crippen LogP contribution in [0.5, 0.6) is 0 Å². The molecule has 1 aromatic heterocycles. The molecule has 0 radical (unpaired) electrons. The Morgan fingerprint density at radius 1 is 1.33 bits per heavy atom. The van der Waals surface area contributed by atoms with Crippen LogP contribution in [0, 0.1) is 23.0 Å². The monoisotopic (exact) mass is 370 g/mol. The molecule has 0 bridgehead atoms. The lowest BCUT2D eigenvalue weighted by Crippen LogP contribution is -2.41. The third-order valence-corrected chi connectivity index (χ3v) is 4.90. The van der Waals surface area contributed by atoms with E-state index in [1.807, 2.05) is 0 Å². The molecule has 1 aliphatic rings. The van der Waals surface area contributed by atoms with Gasteiger partial charge in [-0.1, -0.05) is 31.9 Å². The summed E-state index contributed by atoms with van der Waals surface area (Å²) in [5.41, 5.74) is -0.276. The van der Waals surface area contributed by atoms with Crippen LogP contribution in [0.2, 0.25) is 0 Å². The molecule has 1 aromatic carbocycles. The van der Waals surface area contributed by atoms with Crippen LogP contribution in [0.4, 0.5) is 5.69 Å². The molecule has 1 amide bonds. The van der Waals surface area contributed by atoms with Gasteiger partial charge in [-0.05, 0) is 31.7 Å². The molecule has 1 saturated carbocycles. The van der Waals surface area contributed by atoms with E-state index in [2.05, 4.69) is 17.3 Å². The van der Waals surface area contributed by atoms with Gasteiger partial charge in [0, 0.05) is 23.9 Å². The average molecular weight is 370 g/mol. The molecule has 2 unspecified atom stereocenters. The maximum Gasteiger partial charge on any atom is 0.294 e. The number of nitrogens with one attached hydrogen (secondary N) is 1. The molecule has 0 spiro atoms. The lowest BCUT2D eigenvalue weighted by atomic mass is 9.87. The summed E-state index contributed by atoms with van der Waals surface area (Å²) in [7, 11) is 0. The maximum absolute atomic E-state index is 12.6. The number of hydrogen-bond donors (Lipinski definition) is 1. The molecule has 27 heavy (non-hydrogen) atoms. The number of nitro groups is 1. The Bertz CT molecular complexity index is 938. The van der Waals surface area contributed by atoms with Gasteiger partial charge >= 0.3 is 0 Å². The molecule has 1 N–H and O–H groups in total. The Labute approximate surface area is 156 Å².